The summed E-state index contributed by atoms with van der Waals surface area (Å²) in [7, 11) is 0. The molecule has 1 aromatic carbocycles. The van der Waals surface area contributed by atoms with Gasteiger partial charge >= 0.3 is 5.97 Å². The van der Waals surface area contributed by atoms with Crippen molar-refractivity contribution in [3.8, 4) is 0 Å². The molecule has 1 fully saturated rings. The lowest BCUT2D eigenvalue weighted by molar-refractivity contribution is -0.143. The van der Waals surface area contributed by atoms with Crippen LogP contribution in [0.5, 0.6) is 0 Å². The summed E-state index contributed by atoms with van der Waals surface area (Å²) < 4.78 is 0. The number of fused-ring (bicyclic) bond motifs is 1. The largest absolute Gasteiger partial charge is 0.480 e. The number of hydrogen-bond acceptors (Lipinski definition) is 3. The zero-order valence-corrected chi connectivity index (χ0v) is 11.5. The van der Waals surface area contributed by atoms with E-state index < -0.39 is 12.0 Å². The zero-order valence-electron chi connectivity index (χ0n) is 11.5. The van der Waals surface area contributed by atoms with E-state index >= 15 is 0 Å². The molecule has 108 valence electrons. The van der Waals surface area contributed by atoms with Crippen LogP contribution in [-0.2, 0) is 4.79 Å². The first kappa shape index (κ1) is 13.5. The van der Waals surface area contributed by atoms with Gasteiger partial charge in [0.25, 0.3) is 5.91 Å². The molecule has 1 amide bonds. The van der Waals surface area contributed by atoms with Gasteiger partial charge in [-0.25, -0.2) is 4.79 Å². The third-order valence-electron chi connectivity index (χ3n) is 3.92. The van der Waals surface area contributed by atoms with Crippen LogP contribution in [-0.4, -0.2) is 39.5 Å². The van der Waals surface area contributed by atoms with Gasteiger partial charge in [0.2, 0.25) is 0 Å². The van der Waals surface area contributed by atoms with Gasteiger partial charge < -0.3 is 10.0 Å². The molecule has 0 aliphatic carbocycles. The summed E-state index contributed by atoms with van der Waals surface area (Å²) in [6.07, 6.45) is 3.89. The number of likely N-dealkylation sites (tertiary alicyclic amines) is 1. The molecule has 1 N–H and O–H groups in total. The minimum absolute atomic E-state index is 0.222. The van der Waals surface area contributed by atoms with Gasteiger partial charge in [0.1, 0.15) is 6.04 Å². The Bertz CT molecular complexity index is 693. The summed E-state index contributed by atoms with van der Waals surface area (Å²) in [6, 6.07) is 8.26. The van der Waals surface area contributed by atoms with Gasteiger partial charge in [-0.05, 0) is 37.5 Å². The van der Waals surface area contributed by atoms with Crippen molar-refractivity contribution in [2.75, 3.05) is 6.54 Å². The fourth-order valence-electron chi connectivity index (χ4n) is 2.88. The minimum atomic E-state index is -0.929. The fourth-order valence-corrected chi connectivity index (χ4v) is 2.88. The van der Waals surface area contributed by atoms with E-state index in [9.17, 15) is 14.7 Å². The number of carboxylic acids is 1. The number of amides is 1. The highest BCUT2D eigenvalue weighted by atomic mass is 16.4. The Balaban J connectivity index is 2.01. The van der Waals surface area contributed by atoms with Crippen molar-refractivity contribution < 1.29 is 14.7 Å². The molecule has 5 heteroatoms. The molecule has 2 aromatic rings. The van der Waals surface area contributed by atoms with Crippen LogP contribution in [0.2, 0.25) is 0 Å². The maximum atomic E-state index is 12.8. The number of pyridine rings is 1. The number of nitrogens with zero attached hydrogens (tertiary/aromatic N) is 2. The van der Waals surface area contributed by atoms with Crippen molar-refractivity contribution in [1.29, 1.82) is 0 Å². The molecule has 3 rings (SSSR count). The molecule has 0 saturated carbocycles. The highest BCUT2D eigenvalue weighted by Crippen LogP contribution is 2.23. The van der Waals surface area contributed by atoms with Crippen LogP contribution in [0.4, 0.5) is 0 Å². The Morgan fingerprint density at radius 3 is 2.86 bits per heavy atom. The number of piperidine rings is 1. The van der Waals surface area contributed by atoms with Crippen LogP contribution in [0, 0.1) is 0 Å². The van der Waals surface area contributed by atoms with Crippen LogP contribution < -0.4 is 0 Å². The summed E-state index contributed by atoms with van der Waals surface area (Å²) in [5, 5.41) is 10.1. The molecular formula is C16H16N2O3. The number of aromatic nitrogens is 1. The third-order valence-corrected chi connectivity index (χ3v) is 3.92. The van der Waals surface area contributed by atoms with Crippen LogP contribution in [0.15, 0.2) is 36.5 Å². The topological polar surface area (TPSA) is 70.5 Å². The second-order valence-corrected chi connectivity index (χ2v) is 5.22. The maximum Gasteiger partial charge on any atom is 0.326 e. The fraction of sp³-hybridized carbons (Fsp3) is 0.312. The molecule has 1 aliphatic rings. The number of carboxylic acid groups (broad SMARTS) is 1. The Morgan fingerprint density at radius 1 is 1.19 bits per heavy atom. The number of rotatable bonds is 2. The van der Waals surface area contributed by atoms with Gasteiger partial charge in [-0.3, -0.25) is 9.78 Å². The predicted molar refractivity (Wildman–Crippen MR) is 78.1 cm³/mol. The number of hydrogen-bond donors (Lipinski definition) is 1. The SMILES string of the molecule is O=C(O)[C@@H]1CCCCN1C(=O)c1cccc2ncccc12. The summed E-state index contributed by atoms with van der Waals surface area (Å²) in [4.78, 5) is 29.8. The van der Waals surface area contributed by atoms with Crippen molar-refractivity contribution in [2.45, 2.75) is 25.3 Å². The van der Waals surface area contributed by atoms with Crippen molar-refractivity contribution in [3.63, 3.8) is 0 Å². The minimum Gasteiger partial charge on any atom is -0.480 e. The Hall–Kier alpha value is -2.43. The van der Waals surface area contributed by atoms with Gasteiger partial charge in [-0.2, -0.15) is 0 Å². The lowest BCUT2D eigenvalue weighted by Crippen LogP contribution is -2.48. The highest BCUT2D eigenvalue weighted by Gasteiger charge is 2.32. The van der Waals surface area contributed by atoms with E-state index in [4.69, 9.17) is 0 Å². The Kier molecular flexibility index (Phi) is 3.56. The molecule has 0 spiro atoms. The van der Waals surface area contributed by atoms with Crippen molar-refractivity contribution in [2.24, 2.45) is 0 Å². The number of carbonyl (C=O) groups excluding carboxylic acids is 1. The average molecular weight is 284 g/mol. The quantitative estimate of drug-likeness (QED) is 0.918. The first-order chi connectivity index (χ1) is 10.2. The molecule has 0 bridgehead atoms. The summed E-state index contributed by atoms with van der Waals surface area (Å²) >= 11 is 0. The lowest BCUT2D eigenvalue weighted by Gasteiger charge is -2.33. The van der Waals surface area contributed by atoms with E-state index in [-0.39, 0.29) is 5.91 Å². The molecule has 5 nitrogen and oxygen atoms in total. The number of carbonyl (C=O) groups is 2. The molecule has 0 unspecified atom stereocenters. The summed E-state index contributed by atoms with van der Waals surface area (Å²) in [5.74, 6) is -1.15. The Labute approximate surface area is 122 Å². The van der Waals surface area contributed by atoms with Crippen molar-refractivity contribution >= 4 is 22.8 Å². The maximum absolute atomic E-state index is 12.8. The molecule has 1 aromatic heterocycles. The van der Waals surface area contributed by atoms with E-state index in [1.54, 1.807) is 24.4 Å². The normalized spacial score (nSPS) is 18.7. The van der Waals surface area contributed by atoms with Crippen molar-refractivity contribution in [3.05, 3.63) is 42.1 Å². The van der Waals surface area contributed by atoms with E-state index in [0.29, 0.717) is 18.5 Å². The van der Waals surface area contributed by atoms with Gasteiger partial charge in [0, 0.05) is 23.7 Å². The van der Waals surface area contributed by atoms with Gasteiger partial charge in [-0.1, -0.05) is 12.1 Å². The van der Waals surface area contributed by atoms with Crippen LogP contribution >= 0.6 is 0 Å². The second-order valence-electron chi connectivity index (χ2n) is 5.22. The summed E-state index contributed by atoms with van der Waals surface area (Å²) in [6.45, 7) is 0.493. The monoisotopic (exact) mass is 284 g/mol. The van der Waals surface area contributed by atoms with Crippen LogP contribution in [0.1, 0.15) is 29.6 Å². The molecule has 1 aliphatic heterocycles. The summed E-state index contributed by atoms with van der Waals surface area (Å²) in [5.41, 5.74) is 1.26. The second kappa shape index (κ2) is 5.52. The van der Waals surface area contributed by atoms with Gasteiger partial charge in [0.15, 0.2) is 0 Å². The molecule has 1 atom stereocenters. The van der Waals surface area contributed by atoms with E-state index in [2.05, 4.69) is 4.98 Å². The molecule has 2 heterocycles. The van der Waals surface area contributed by atoms with E-state index in [1.165, 1.54) is 4.90 Å². The zero-order chi connectivity index (χ0) is 14.8. The smallest absolute Gasteiger partial charge is 0.326 e. The van der Waals surface area contributed by atoms with E-state index in [0.717, 1.165) is 23.7 Å². The molecular weight excluding hydrogens is 268 g/mol. The molecule has 1 saturated heterocycles. The van der Waals surface area contributed by atoms with Gasteiger partial charge in [-0.15, -0.1) is 0 Å². The first-order valence-electron chi connectivity index (χ1n) is 7.06. The van der Waals surface area contributed by atoms with Crippen molar-refractivity contribution in [1.82, 2.24) is 9.88 Å². The van der Waals surface area contributed by atoms with Gasteiger partial charge in [0.05, 0.1) is 5.52 Å². The van der Waals surface area contributed by atoms with Crippen LogP contribution in [0.25, 0.3) is 10.9 Å². The first-order valence-corrected chi connectivity index (χ1v) is 7.06. The third kappa shape index (κ3) is 2.46. The number of benzene rings is 1. The van der Waals surface area contributed by atoms with E-state index in [1.807, 2.05) is 12.1 Å². The highest BCUT2D eigenvalue weighted by molar-refractivity contribution is 6.07. The average Bonchev–Trinajstić information content (AvgIpc) is 2.53. The van der Waals surface area contributed by atoms with Crippen LogP contribution in [0.3, 0.4) is 0 Å². The standard InChI is InChI=1S/C16H16N2O3/c19-15(18-10-2-1-8-14(18)16(20)21)12-5-3-7-13-11(12)6-4-9-17-13/h3-7,9,14H,1-2,8,10H2,(H,20,21)/t14-/m0/s1. The lowest BCUT2D eigenvalue weighted by atomic mass is 9.99. The number of aliphatic carboxylic acids is 1. The molecule has 21 heavy (non-hydrogen) atoms. The molecule has 0 radical (unpaired) electrons. The Morgan fingerprint density at radius 2 is 2.05 bits per heavy atom. The predicted octanol–water partition coefficient (Wildman–Crippen LogP) is 2.31.